The summed E-state index contributed by atoms with van der Waals surface area (Å²) in [4.78, 5) is 12.7. The summed E-state index contributed by atoms with van der Waals surface area (Å²) in [5.74, 6) is -0.708. The molecule has 2 aromatic rings. The molecule has 0 aliphatic rings. The van der Waals surface area contributed by atoms with Crippen molar-refractivity contribution in [2.75, 3.05) is 6.61 Å². The minimum Gasteiger partial charge on any atom is -0.508 e. The number of carbonyl (C=O) groups is 1. The Hall–Kier alpha value is -2.69. The second kappa shape index (κ2) is 16.9. The molecule has 0 aromatic heterocycles. The molecule has 0 spiro atoms. The van der Waals surface area contributed by atoms with Crippen LogP contribution in [0.1, 0.15) is 112 Å². The highest BCUT2D eigenvalue weighted by atomic mass is 16.5. The zero-order valence-electron chi connectivity index (χ0n) is 21.4. The molecule has 0 saturated heterocycles. The SMILES string of the molecule is CCCCCCCCCCCCCCCOC(=O)c1c(O)cc(O)cc1CCc1ccc(O)cc1. The van der Waals surface area contributed by atoms with Crippen LogP contribution in [0.5, 0.6) is 17.2 Å². The normalized spacial score (nSPS) is 11.0. The van der Waals surface area contributed by atoms with Gasteiger partial charge in [-0.2, -0.15) is 0 Å². The van der Waals surface area contributed by atoms with E-state index in [9.17, 15) is 20.1 Å². The van der Waals surface area contributed by atoms with Crippen molar-refractivity contribution in [2.45, 2.75) is 103 Å². The van der Waals surface area contributed by atoms with E-state index in [0.717, 1.165) is 24.8 Å². The van der Waals surface area contributed by atoms with Gasteiger partial charge in [0, 0.05) is 6.07 Å². The lowest BCUT2D eigenvalue weighted by molar-refractivity contribution is 0.0493. The third-order valence-electron chi connectivity index (χ3n) is 6.49. The van der Waals surface area contributed by atoms with Crippen LogP contribution in [0.2, 0.25) is 0 Å². The van der Waals surface area contributed by atoms with Crippen LogP contribution in [0.15, 0.2) is 36.4 Å². The fourth-order valence-electron chi connectivity index (χ4n) is 4.40. The number of esters is 1. The van der Waals surface area contributed by atoms with Gasteiger partial charge in [-0.15, -0.1) is 0 Å². The summed E-state index contributed by atoms with van der Waals surface area (Å²) in [6.45, 7) is 2.58. The van der Waals surface area contributed by atoms with E-state index in [0.29, 0.717) is 25.0 Å². The van der Waals surface area contributed by atoms with Crippen molar-refractivity contribution >= 4 is 5.97 Å². The Morgan fingerprint density at radius 2 is 1.23 bits per heavy atom. The minimum atomic E-state index is -0.554. The zero-order chi connectivity index (χ0) is 25.3. The molecule has 0 heterocycles. The molecule has 3 N–H and O–H groups in total. The Bertz CT molecular complexity index is 860. The van der Waals surface area contributed by atoms with Gasteiger partial charge < -0.3 is 20.1 Å². The summed E-state index contributed by atoms with van der Waals surface area (Å²) in [7, 11) is 0. The molecule has 0 saturated carbocycles. The number of phenols is 3. The van der Waals surface area contributed by atoms with Gasteiger partial charge in [-0.05, 0) is 48.6 Å². The van der Waals surface area contributed by atoms with Crippen LogP contribution >= 0.6 is 0 Å². The Morgan fingerprint density at radius 3 is 1.80 bits per heavy atom. The van der Waals surface area contributed by atoms with E-state index in [1.54, 1.807) is 12.1 Å². The van der Waals surface area contributed by atoms with Crippen molar-refractivity contribution in [3.05, 3.63) is 53.1 Å². The van der Waals surface area contributed by atoms with Gasteiger partial charge in [-0.1, -0.05) is 96.1 Å². The van der Waals surface area contributed by atoms with Gasteiger partial charge in [0.1, 0.15) is 22.8 Å². The first-order valence-electron chi connectivity index (χ1n) is 13.5. The van der Waals surface area contributed by atoms with Crippen molar-refractivity contribution in [1.29, 1.82) is 0 Å². The lowest BCUT2D eigenvalue weighted by Crippen LogP contribution is -2.10. The van der Waals surface area contributed by atoms with Crippen LogP contribution in [0.25, 0.3) is 0 Å². The van der Waals surface area contributed by atoms with Gasteiger partial charge in [-0.3, -0.25) is 0 Å². The number of carbonyl (C=O) groups excluding carboxylic acids is 1. The molecule has 5 nitrogen and oxygen atoms in total. The first-order valence-corrected chi connectivity index (χ1v) is 13.5. The number of benzene rings is 2. The molecule has 5 heteroatoms. The average Bonchev–Trinajstić information content (AvgIpc) is 2.83. The first kappa shape index (κ1) is 28.5. The van der Waals surface area contributed by atoms with E-state index in [2.05, 4.69) is 6.92 Å². The molecule has 35 heavy (non-hydrogen) atoms. The van der Waals surface area contributed by atoms with Crippen LogP contribution in [-0.2, 0) is 17.6 Å². The Labute approximate surface area is 211 Å². The van der Waals surface area contributed by atoms with Crippen molar-refractivity contribution in [2.24, 2.45) is 0 Å². The van der Waals surface area contributed by atoms with Crippen LogP contribution in [-0.4, -0.2) is 27.9 Å². The third-order valence-corrected chi connectivity index (χ3v) is 6.49. The van der Waals surface area contributed by atoms with Gasteiger partial charge in [0.25, 0.3) is 0 Å². The number of unbranched alkanes of at least 4 members (excludes halogenated alkanes) is 12. The first-order chi connectivity index (χ1) is 17.0. The molecule has 0 atom stereocenters. The molecular formula is C30H44O5. The van der Waals surface area contributed by atoms with Crippen molar-refractivity contribution in [1.82, 2.24) is 0 Å². The van der Waals surface area contributed by atoms with Gasteiger partial charge in [0.05, 0.1) is 6.61 Å². The number of hydrogen-bond acceptors (Lipinski definition) is 5. The third kappa shape index (κ3) is 11.5. The summed E-state index contributed by atoms with van der Waals surface area (Å²) in [6, 6.07) is 9.52. The van der Waals surface area contributed by atoms with Crippen LogP contribution in [0, 0.1) is 0 Å². The number of phenolic OH excluding ortho intramolecular Hbond substituents is 3. The van der Waals surface area contributed by atoms with E-state index in [4.69, 9.17) is 4.74 Å². The quantitative estimate of drug-likeness (QED) is 0.148. The maximum Gasteiger partial charge on any atom is 0.342 e. The van der Waals surface area contributed by atoms with E-state index in [1.807, 2.05) is 12.1 Å². The number of hydrogen-bond donors (Lipinski definition) is 3. The highest BCUT2D eigenvalue weighted by Gasteiger charge is 2.19. The summed E-state index contributed by atoms with van der Waals surface area (Å²) in [5.41, 5.74) is 1.65. The molecule has 0 aliphatic carbocycles. The standard InChI is InChI=1S/C30H44O5/c1-2-3-4-5-6-7-8-9-10-11-12-13-14-21-35-30(34)29-25(22-27(32)23-28(29)33)18-15-24-16-19-26(31)20-17-24/h16-17,19-20,22-23,31-33H,2-15,18,21H2,1H3. The van der Waals surface area contributed by atoms with Crippen LogP contribution in [0.3, 0.4) is 0 Å². The van der Waals surface area contributed by atoms with Gasteiger partial charge in [0.15, 0.2) is 0 Å². The number of ether oxygens (including phenoxy) is 1. The Morgan fingerprint density at radius 1 is 0.686 bits per heavy atom. The molecule has 0 unspecified atom stereocenters. The summed E-state index contributed by atoms with van der Waals surface area (Å²) in [6.07, 6.45) is 17.4. The molecule has 194 valence electrons. The van der Waals surface area contributed by atoms with Crippen molar-refractivity contribution < 1.29 is 24.9 Å². The monoisotopic (exact) mass is 484 g/mol. The molecule has 0 amide bonds. The topological polar surface area (TPSA) is 87.0 Å². The fourth-order valence-corrected chi connectivity index (χ4v) is 4.40. The minimum absolute atomic E-state index is 0.0868. The molecule has 0 radical (unpaired) electrons. The molecule has 2 aromatic carbocycles. The highest BCUT2D eigenvalue weighted by Crippen LogP contribution is 2.29. The Kier molecular flexibility index (Phi) is 13.7. The predicted molar refractivity (Wildman–Crippen MR) is 141 cm³/mol. The van der Waals surface area contributed by atoms with Crippen molar-refractivity contribution in [3.8, 4) is 17.2 Å². The predicted octanol–water partition coefficient (Wildman–Crippen LogP) is 7.84. The number of aryl methyl sites for hydroxylation is 2. The fraction of sp³-hybridized carbons (Fsp3) is 0.567. The summed E-state index contributed by atoms with van der Waals surface area (Å²) in [5, 5.41) is 29.6. The number of aromatic hydroxyl groups is 3. The smallest absolute Gasteiger partial charge is 0.342 e. The maximum absolute atomic E-state index is 12.7. The largest absolute Gasteiger partial charge is 0.508 e. The lowest BCUT2D eigenvalue weighted by atomic mass is 9.98. The van der Waals surface area contributed by atoms with Crippen molar-refractivity contribution in [3.63, 3.8) is 0 Å². The molecular weight excluding hydrogens is 440 g/mol. The second-order valence-electron chi connectivity index (χ2n) is 9.54. The van der Waals surface area contributed by atoms with E-state index in [-0.39, 0.29) is 22.8 Å². The van der Waals surface area contributed by atoms with Crippen LogP contribution < -0.4 is 0 Å². The zero-order valence-corrected chi connectivity index (χ0v) is 21.4. The van der Waals surface area contributed by atoms with Crippen LogP contribution in [0.4, 0.5) is 0 Å². The second-order valence-corrected chi connectivity index (χ2v) is 9.54. The van der Waals surface area contributed by atoms with E-state index >= 15 is 0 Å². The molecule has 0 bridgehead atoms. The maximum atomic E-state index is 12.7. The summed E-state index contributed by atoms with van der Waals surface area (Å²) < 4.78 is 5.44. The number of rotatable bonds is 18. The molecule has 0 aliphatic heterocycles. The molecule has 0 fully saturated rings. The van der Waals surface area contributed by atoms with Gasteiger partial charge >= 0.3 is 5.97 Å². The van der Waals surface area contributed by atoms with E-state index < -0.39 is 5.97 Å². The highest BCUT2D eigenvalue weighted by molar-refractivity contribution is 5.94. The summed E-state index contributed by atoms with van der Waals surface area (Å²) >= 11 is 0. The lowest BCUT2D eigenvalue weighted by Gasteiger charge is -2.12. The van der Waals surface area contributed by atoms with Gasteiger partial charge in [-0.25, -0.2) is 4.79 Å². The average molecular weight is 485 g/mol. The Balaban J connectivity index is 1.65. The van der Waals surface area contributed by atoms with Gasteiger partial charge in [0.2, 0.25) is 0 Å². The van der Waals surface area contributed by atoms with E-state index in [1.165, 1.54) is 76.3 Å². The molecule has 2 rings (SSSR count).